The Labute approximate surface area is 137 Å². The van der Waals surface area contributed by atoms with Crippen LogP contribution in [0.2, 0.25) is 0 Å². The molecular weight excluding hydrogens is 296 g/mol. The van der Waals surface area contributed by atoms with Crippen molar-refractivity contribution in [3.63, 3.8) is 0 Å². The summed E-state index contributed by atoms with van der Waals surface area (Å²) in [5.74, 6) is 0.710. The molecule has 0 saturated carbocycles. The number of aliphatic hydroxyl groups excluding tert-OH is 1. The van der Waals surface area contributed by atoms with Crippen molar-refractivity contribution in [3.05, 3.63) is 29.8 Å². The number of amides is 1. The number of aliphatic hydroxyl groups is 1. The van der Waals surface area contributed by atoms with Crippen LogP contribution in [0, 0.1) is 6.92 Å². The number of benzene rings is 1. The summed E-state index contributed by atoms with van der Waals surface area (Å²) in [6.07, 6.45) is 0. The first-order valence-corrected chi connectivity index (χ1v) is 7.97. The van der Waals surface area contributed by atoms with Crippen molar-refractivity contribution >= 4 is 5.91 Å². The summed E-state index contributed by atoms with van der Waals surface area (Å²) in [5.41, 5.74) is 1.02. The summed E-state index contributed by atoms with van der Waals surface area (Å²) in [6.45, 7) is 5.01. The fourth-order valence-electron chi connectivity index (χ4n) is 2.70. The number of likely N-dealkylation sites (N-methyl/N-ethyl adjacent to an activating group) is 1. The molecule has 1 fully saturated rings. The van der Waals surface area contributed by atoms with Crippen molar-refractivity contribution in [1.29, 1.82) is 0 Å². The van der Waals surface area contributed by atoms with E-state index in [1.807, 2.05) is 48.0 Å². The van der Waals surface area contributed by atoms with Crippen molar-refractivity contribution in [2.75, 3.05) is 53.1 Å². The molecule has 0 radical (unpaired) electrons. The van der Waals surface area contributed by atoms with Crippen LogP contribution in [0.1, 0.15) is 5.56 Å². The Morgan fingerprint density at radius 1 is 1.48 bits per heavy atom. The van der Waals surface area contributed by atoms with Gasteiger partial charge in [0.25, 0.3) is 5.91 Å². The van der Waals surface area contributed by atoms with Gasteiger partial charge in [-0.05, 0) is 25.6 Å². The summed E-state index contributed by atoms with van der Waals surface area (Å²) >= 11 is 0. The first-order valence-electron chi connectivity index (χ1n) is 7.97. The molecular formula is C17H26N2O4. The molecule has 0 spiro atoms. The third-order valence-electron chi connectivity index (χ3n) is 4.00. The monoisotopic (exact) mass is 322 g/mol. The molecule has 1 N–H and O–H groups in total. The van der Waals surface area contributed by atoms with E-state index in [9.17, 15) is 4.79 Å². The standard InChI is InChI=1S/C17H26N2O4/c1-14-5-3-4-6-16(14)23-13-17(21)19-8-10-22-12-15(19)11-18(2)7-9-20/h3-6,15,20H,7-13H2,1-2H3. The normalized spacial score (nSPS) is 18.3. The van der Waals surface area contributed by atoms with Crippen molar-refractivity contribution in [2.24, 2.45) is 0 Å². The maximum absolute atomic E-state index is 12.5. The van der Waals surface area contributed by atoms with Crippen LogP contribution in [0.15, 0.2) is 24.3 Å². The van der Waals surface area contributed by atoms with Crippen molar-refractivity contribution < 1.29 is 19.4 Å². The second-order valence-corrected chi connectivity index (χ2v) is 5.86. The number of para-hydroxylation sites is 1. The molecule has 0 aromatic heterocycles. The molecule has 0 bridgehead atoms. The quantitative estimate of drug-likeness (QED) is 0.793. The lowest BCUT2D eigenvalue weighted by atomic mass is 10.2. The number of nitrogens with zero attached hydrogens (tertiary/aromatic N) is 2. The minimum Gasteiger partial charge on any atom is -0.484 e. The average molecular weight is 322 g/mol. The molecule has 1 unspecified atom stereocenters. The Morgan fingerprint density at radius 2 is 2.26 bits per heavy atom. The third-order valence-corrected chi connectivity index (χ3v) is 4.00. The Bertz CT molecular complexity index is 509. The van der Waals surface area contributed by atoms with E-state index in [4.69, 9.17) is 14.6 Å². The first kappa shape index (κ1) is 17.7. The average Bonchev–Trinajstić information content (AvgIpc) is 2.54. The molecule has 1 atom stereocenters. The van der Waals surface area contributed by atoms with Gasteiger partial charge in [0, 0.05) is 19.6 Å². The SMILES string of the molecule is Cc1ccccc1OCC(=O)N1CCOCC1CN(C)CCO. The summed E-state index contributed by atoms with van der Waals surface area (Å²) in [4.78, 5) is 16.3. The molecule has 0 aliphatic carbocycles. The zero-order chi connectivity index (χ0) is 16.7. The molecule has 1 aromatic rings. The van der Waals surface area contributed by atoms with Crippen LogP contribution in [0.25, 0.3) is 0 Å². The van der Waals surface area contributed by atoms with Gasteiger partial charge in [0.05, 0.1) is 25.9 Å². The van der Waals surface area contributed by atoms with Crippen LogP contribution < -0.4 is 4.74 Å². The lowest BCUT2D eigenvalue weighted by Crippen LogP contribution is -2.54. The van der Waals surface area contributed by atoms with Gasteiger partial charge >= 0.3 is 0 Å². The predicted octanol–water partition coefficient (Wildman–Crippen LogP) is 0.525. The second kappa shape index (κ2) is 8.86. The minimum absolute atomic E-state index is 0.00623. The molecule has 23 heavy (non-hydrogen) atoms. The number of morpholine rings is 1. The van der Waals surface area contributed by atoms with E-state index in [1.165, 1.54) is 0 Å². The highest BCUT2D eigenvalue weighted by atomic mass is 16.5. The maximum atomic E-state index is 12.5. The number of rotatable bonds is 7. The van der Waals surface area contributed by atoms with Crippen LogP contribution in [0.5, 0.6) is 5.75 Å². The van der Waals surface area contributed by atoms with Gasteiger partial charge in [-0.2, -0.15) is 0 Å². The van der Waals surface area contributed by atoms with E-state index < -0.39 is 0 Å². The number of aryl methyl sites for hydroxylation is 1. The zero-order valence-corrected chi connectivity index (χ0v) is 13.9. The number of carbonyl (C=O) groups is 1. The number of hydrogen-bond acceptors (Lipinski definition) is 5. The zero-order valence-electron chi connectivity index (χ0n) is 13.9. The second-order valence-electron chi connectivity index (χ2n) is 5.86. The summed E-state index contributed by atoms with van der Waals surface area (Å²) in [7, 11) is 1.93. The van der Waals surface area contributed by atoms with E-state index in [-0.39, 0.29) is 25.2 Å². The van der Waals surface area contributed by atoms with Gasteiger partial charge in [0.15, 0.2) is 6.61 Å². The van der Waals surface area contributed by atoms with E-state index in [0.717, 1.165) is 11.3 Å². The van der Waals surface area contributed by atoms with E-state index >= 15 is 0 Å². The predicted molar refractivity (Wildman–Crippen MR) is 87.6 cm³/mol. The van der Waals surface area contributed by atoms with Crippen molar-refractivity contribution in [1.82, 2.24) is 9.80 Å². The fourth-order valence-corrected chi connectivity index (χ4v) is 2.70. The molecule has 1 aliphatic rings. The fraction of sp³-hybridized carbons (Fsp3) is 0.588. The molecule has 1 aliphatic heterocycles. The van der Waals surface area contributed by atoms with Crippen LogP contribution in [-0.4, -0.2) is 80.0 Å². The van der Waals surface area contributed by atoms with Gasteiger partial charge in [0.1, 0.15) is 5.75 Å². The van der Waals surface area contributed by atoms with Crippen molar-refractivity contribution in [3.8, 4) is 5.75 Å². The van der Waals surface area contributed by atoms with Gasteiger partial charge in [-0.15, -0.1) is 0 Å². The largest absolute Gasteiger partial charge is 0.484 e. The summed E-state index contributed by atoms with van der Waals surface area (Å²) in [5, 5.41) is 9.00. The molecule has 1 heterocycles. The van der Waals surface area contributed by atoms with Gasteiger partial charge in [-0.1, -0.05) is 18.2 Å². The maximum Gasteiger partial charge on any atom is 0.260 e. The van der Waals surface area contributed by atoms with E-state index in [0.29, 0.717) is 32.8 Å². The lowest BCUT2D eigenvalue weighted by Gasteiger charge is -2.37. The Hall–Kier alpha value is -1.63. The Kier molecular flexibility index (Phi) is 6.83. The molecule has 6 nitrogen and oxygen atoms in total. The molecule has 1 amide bonds. The number of carbonyl (C=O) groups excluding carboxylic acids is 1. The lowest BCUT2D eigenvalue weighted by molar-refractivity contribution is -0.142. The van der Waals surface area contributed by atoms with Crippen LogP contribution in [0.4, 0.5) is 0 Å². The Morgan fingerprint density at radius 3 is 3.00 bits per heavy atom. The summed E-state index contributed by atoms with van der Waals surface area (Å²) < 4.78 is 11.2. The third kappa shape index (κ3) is 5.20. The van der Waals surface area contributed by atoms with Crippen LogP contribution in [-0.2, 0) is 9.53 Å². The van der Waals surface area contributed by atoms with E-state index in [1.54, 1.807) is 0 Å². The topological polar surface area (TPSA) is 62.2 Å². The van der Waals surface area contributed by atoms with Crippen LogP contribution >= 0.6 is 0 Å². The van der Waals surface area contributed by atoms with E-state index in [2.05, 4.69) is 0 Å². The smallest absolute Gasteiger partial charge is 0.260 e. The first-order chi connectivity index (χ1) is 11.1. The molecule has 128 valence electrons. The molecule has 6 heteroatoms. The Balaban J connectivity index is 1.91. The molecule has 2 rings (SSSR count). The van der Waals surface area contributed by atoms with Gasteiger partial charge in [-0.25, -0.2) is 0 Å². The van der Waals surface area contributed by atoms with Gasteiger partial charge in [-0.3, -0.25) is 4.79 Å². The van der Waals surface area contributed by atoms with Crippen molar-refractivity contribution in [2.45, 2.75) is 13.0 Å². The highest BCUT2D eigenvalue weighted by Crippen LogP contribution is 2.17. The highest BCUT2D eigenvalue weighted by Gasteiger charge is 2.28. The van der Waals surface area contributed by atoms with Crippen LogP contribution in [0.3, 0.4) is 0 Å². The molecule has 1 saturated heterocycles. The highest BCUT2D eigenvalue weighted by molar-refractivity contribution is 5.78. The minimum atomic E-state index is -0.0287. The molecule has 1 aromatic carbocycles. The number of hydrogen-bond donors (Lipinski definition) is 1. The number of ether oxygens (including phenoxy) is 2. The van der Waals surface area contributed by atoms with Gasteiger partial charge < -0.3 is 24.4 Å². The summed E-state index contributed by atoms with van der Waals surface area (Å²) in [6, 6.07) is 7.66. The van der Waals surface area contributed by atoms with Gasteiger partial charge in [0.2, 0.25) is 0 Å².